The van der Waals surface area contributed by atoms with E-state index in [9.17, 15) is 9.59 Å². The van der Waals surface area contributed by atoms with Crippen molar-refractivity contribution in [3.8, 4) is 0 Å². The van der Waals surface area contributed by atoms with E-state index < -0.39 is 5.97 Å². The fourth-order valence-corrected chi connectivity index (χ4v) is 3.49. The summed E-state index contributed by atoms with van der Waals surface area (Å²) in [5.41, 5.74) is 1.64. The van der Waals surface area contributed by atoms with Crippen LogP contribution in [0.2, 0.25) is 0 Å². The van der Waals surface area contributed by atoms with Gasteiger partial charge in [-0.25, -0.2) is 0 Å². The lowest BCUT2D eigenvalue weighted by Crippen LogP contribution is -2.37. The molecule has 112 valence electrons. The van der Waals surface area contributed by atoms with E-state index in [-0.39, 0.29) is 18.2 Å². The van der Waals surface area contributed by atoms with Crippen molar-refractivity contribution in [3.63, 3.8) is 0 Å². The Morgan fingerprint density at radius 2 is 2.00 bits per heavy atom. The third-order valence-electron chi connectivity index (χ3n) is 4.55. The fourth-order valence-electron chi connectivity index (χ4n) is 3.49. The maximum atomic E-state index is 12.3. The SMILES string of the molecule is O=C(O)Cc1ccccc1CNC(=O)C1CC2CCC1N2. The second-order valence-electron chi connectivity index (χ2n) is 5.95. The topological polar surface area (TPSA) is 78.4 Å². The van der Waals surface area contributed by atoms with Crippen LogP contribution in [0.1, 0.15) is 30.4 Å². The first-order valence-electron chi connectivity index (χ1n) is 7.46. The Hall–Kier alpha value is -1.88. The highest BCUT2D eigenvalue weighted by molar-refractivity contribution is 5.80. The molecule has 3 N–H and O–H groups in total. The van der Waals surface area contributed by atoms with Crippen molar-refractivity contribution in [1.82, 2.24) is 10.6 Å². The van der Waals surface area contributed by atoms with Gasteiger partial charge in [0.2, 0.25) is 5.91 Å². The van der Waals surface area contributed by atoms with E-state index >= 15 is 0 Å². The summed E-state index contributed by atoms with van der Waals surface area (Å²) >= 11 is 0. The molecule has 1 aromatic carbocycles. The number of carbonyl (C=O) groups is 2. The fraction of sp³-hybridized carbons (Fsp3) is 0.500. The molecule has 5 nitrogen and oxygen atoms in total. The monoisotopic (exact) mass is 288 g/mol. The number of benzene rings is 1. The second-order valence-corrected chi connectivity index (χ2v) is 5.95. The van der Waals surface area contributed by atoms with Crippen molar-refractivity contribution in [1.29, 1.82) is 0 Å². The maximum absolute atomic E-state index is 12.3. The molecule has 2 heterocycles. The van der Waals surface area contributed by atoms with Crippen LogP contribution < -0.4 is 10.6 Å². The summed E-state index contributed by atoms with van der Waals surface area (Å²) in [5, 5.41) is 15.3. The first-order valence-corrected chi connectivity index (χ1v) is 7.46. The molecule has 5 heteroatoms. The Kier molecular flexibility index (Phi) is 3.92. The van der Waals surface area contributed by atoms with E-state index in [1.165, 1.54) is 6.42 Å². The van der Waals surface area contributed by atoms with Crippen LogP contribution in [0.4, 0.5) is 0 Å². The summed E-state index contributed by atoms with van der Waals surface area (Å²) in [6, 6.07) is 8.19. The Bertz CT molecular complexity index is 558. The first kappa shape index (κ1) is 14.1. The lowest BCUT2D eigenvalue weighted by Gasteiger charge is -2.19. The molecular formula is C16H20N2O3. The number of carbonyl (C=O) groups excluding carboxylic acids is 1. The van der Waals surface area contributed by atoms with Gasteiger partial charge in [0, 0.05) is 18.6 Å². The maximum Gasteiger partial charge on any atom is 0.307 e. The minimum absolute atomic E-state index is 0.0122. The van der Waals surface area contributed by atoms with Gasteiger partial charge in [-0.2, -0.15) is 0 Å². The lowest BCUT2D eigenvalue weighted by molar-refractivity contribution is -0.136. The first-order chi connectivity index (χ1) is 10.1. The highest BCUT2D eigenvalue weighted by Crippen LogP contribution is 2.33. The van der Waals surface area contributed by atoms with Gasteiger partial charge in [-0.3, -0.25) is 9.59 Å². The lowest BCUT2D eigenvalue weighted by atomic mass is 9.88. The molecule has 21 heavy (non-hydrogen) atoms. The Morgan fingerprint density at radius 1 is 1.24 bits per heavy atom. The van der Waals surface area contributed by atoms with Crippen LogP contribution in [-0.4, -0.2) is 29.1 Å². The predicted molar refractivity (Wildman–Crippen MR) is 77.7 cm³/mol. The van der Waals surface area contributed by atoms with Gasteiger partial charge in [-0.05, 0) is 30.4 Å². The van der Waals surface area contributed by atoms with E-state index in [4.69, 9.17) is 5.11 Å². The molecule has 2 aliphatic heterocycles. The van der Waals surface area contributed by atoms with Crippen LogP contribution in [-0.2, 0) is 22.6 Å². The molecule has 1 amide bonds. The van der Waals surface area contributed by atoms with E-state index in [0.717, 1.165) is 24.0 Å². The van der Waals surface area contributed by atoms with E-state index in [1.807, 2.05) is 18.2 Å². The molecule has 0 aromatic heterocycles. The highest BCUT2D eigenvalue weighted by Gasteiger charge is 2.42. The van der Waals surface area contributed by atoms with Crippen LogP contribution in [0.15, 0.2) is 24.3 Å². The molecule has 2 aliphatic rings. The van der Waals surface area contributed by atoms with Crippen LogP contribution in [0.3, 0.4) is 0 Å². The third kappa shape index (κ3) is 3.08. The highest BCUT2D eigenvalue weighted by atomic mass is 16.4. The number of hydrogen-bond acceptors (Lipinski definition) is 3. The van der Waals surface area contributed by atoms with Crippen molar-refractivity contribution in [3.05, 3.63) is 35.4 Å². The predicted octanol–water partition coefficient (Wildman–Crippen LogP) is 1.07. The van der Waals surface area contributed by atoms with Crippen molar-refractivity contribution in [2.45, 2.75) is 44.3 Å². The van der Waals surface area contributed by atoms with Gasteiger partial charge in [0.05, 0.1) is 12.3 Å². The van der Waals surface area contributed by atoms with Crippen molar-refractivity contribution < 1.29 is 14.7 Å². The van der Waals surface area contributed by atoms with Gasteiger partial charge >= 0.3 is 5.97 Å². The molecule has 2 saturated heterocycles. The number of nitrogens with one attached hydrogen (secondary N) is 2. The summed E-state index contributed by atoms with van der Waals surface area (Å²) in [4.78, 5) is 23.1. The number of amides is 1. The molecule has 1 aromatic rings. The Labute approximate surface area is 123 Å². The molecule has 3 rings (SSSR count). The minimum Gasteiger partial charge on any atom is -0.481 e. The van der Waals surface area contributed by atoms with Gasteiger partial charge in [-0.1, -0.05) is 24.3 Å². The van der Waals surface area contributed by atoms with Gasteiger partial charge in [0.25, 0.3) is 0 Å². The normalized spacial score (nSPS) is 26.8. The Balaban J connectivity index is 1.60. The van der Waals surface area contributed by atoms with Crippen LogP contribution in [0.5, 0.6) is 0 Å². The van der Waals surface area contributed by atoms with Gasteiger partial charge < -0.3 is 15.7 Å². The smallest absolute Gasteiger partial charge is 0.307 e. The minimum atomic E-state index is -0.855. The zero-order chi connectivity index (χ0) is 14.8. The largest absolute Gasteiger partial charge is 0.481 e. The van der Waals surface area contributed by atoms with Crippen molar-refractivity contribution >= 4 is 11.9 Å². The van der Waals surface area contributed by atoms with Gasteiger partial charge in [-0.15, -0.1) is 0 Å². The number of carboxylic acid groups (broad SMARTS) is 1. The average Bonchev–Trinajstić information content (AvgIpc) is 3.08. The molecule has 0 spiro atoms. The van der Waals surface area contributed by atoms with Gasteiger partial charge in [0.15, 0.2) is 0 Å². The second kappa shape index (κ2) is 5.85. The molecule has 2 bridgehead atoms. The summed E-state index contributed by atoms with van der Waals surface area (Å²) < 4.78 is 0. The average molecular weight is 288 g/mol. The molecule has 2 fully saturated rings. The molecule has 3 unspecified atom stereocenters. The van der Waals surface area contributed by atoms with E-state index in [1.54, 1.807) is 6.07 Å². The standard InChI is InChI=1S/C16H20N2O3/c19-15(20)7-10-3-1-2-4-11(10)9-17-16(21)13-8-12-5-6-14(13)18-12/h1-4,12-14,18H,5-9H2,(H,17,21)(H,19,20). The van der Waals surface area contributed by atoms with Gasteiger partial charge in [0.1, 0.15) is 0 Å². The molecular weight excluding hydrogens is 268 g/mol. The summed E-state index contributed by atoms with van der Waals surface area (Å²) in [6.07, 6.45) is 3.17. The number of hydrogen-bond donors (Lipinski definition) is 3. The zero-order valence-electron chi connectivity index (χ0n) is 11.8. The summed E-state index contributed by atoms with van der Waals surface area (Å²) in [5.74, 6) is -0.707. The Morgan fingerprint density at radius 3 is 2.62 bits per heavy atom. The number of fused-ring (bicyclic) bond motifs is 2. The number of rotatable bonds is 5. The summed E-state index contributed by atoms with van der Waals surface area (Å²) in [6.45, 7) is 0.399. The quantitative estimate of drug-likeness (QED) is 0.757. The van der Waals surface area contributed by atoms with Crippen LogP contribution in [0, 0.1) is 5.92 Å². The van der Waals surface area contributed by atoms with Crippen LogP contribution in [0.25, 0.3) is 0 Å². The van der Waals surface area contributed by atoms with E-state index in [0.29, 0.717) is 18.6 Å². The molecule has 0 saturated carbocycles. The molecule has 3 atom stereocenters. The van der Waals surface area contributed by atoms with Crippen LogP contribution >= 0.6 is 0 Å². The number of carboxylic acids is 1. The molecule has 0 radical (unpaired) electrons. The zero-order valence-corrected chi connectivity index (χ0v) is 11.8. The number of aliphatic carboxylic acids is 1. The van der Waals surface area contributed by atoms with Crippen molar-refractivity contribution in [2.75, 3.05) is 0 Å². The molecule has 0 aliphatic carbocycles. The van der Waals surface area contributed by atoms with E-state index in [2.05, 4.69) is 10.6 Å². The van der Waals surface area contributed by atoms with Crippen molar-refractivity contribution in [2.24, 2.45) is 5.92 Å². The summed E-state index contributed by atoms with van der Waals surface area (Å²) in [7, 11) is 0. The third-order valence-corrected chi connectivity index (χ3v) is 4.55.